The Kier molecular flexibility index (Phi) is 4.81. The molecule has 0 bridgehead atoms. The molecule has 4 aromatic rings. The van der Waals surface area contributed by atoms with Crippen LogP contribution in [0.5, 0.6) is 0 Å². The van der Waals surface area contributed by atoms with E-state index in [0.29, 0.717) is 5.69 Å². The second-order valence-corrected chi connectivity index (χ2v) is 8.14. The summed E-state index contributed by atoms with van der Waals surface area (Å²) in [5.74, 6) is -0.274. The van der Waals surface area contributed by atoms with E-state index in [1.807, 2.05) is 30.3 Å². The first kappa shape index (κ1) is 18.1. The number of carbonyl (C=O) groups is 1. The number of benzene rings is 3. The van der Waals surface area contributed by atoms with Gasteiger partial charge in [0.1, 0.15) is 0 Å². The molecule has 8 heteroatoms. The number of anilines is 1. The number of H-pyrrole nitrogens is 1. The number of carbonyl (C=O) groups excluding carboxylic acids is 1. The minimum absolute atomic E-state index is 0.00888. The second kappa shape index (κ2) is 7.41. The topological polar surface area (TPSA) is 104 Å². The van der Waals surface area contributed by atoms with Gasteiger partial charge in [0.25, 0.3) is 0 Å². The minimum Gasteiger partial charge on any atom is -0.326 e. The van der Waals surface area contributed by atoms with Gasteiger partial charge in [-0.1, -0.05) is 30.3 Å². The second-order valence-electron chi connectivity index (χ2n) is 6.38. The fraction of sp³-hybridized carbons (Fsp3) is 0.100. The molecule has 0 fully saturated rings. The van der Waals surface area contributed by atoms with Crippen LogP contribution in [0.25, 0.3) is 21.7 Å². The molecule has 28 heavy (non-hydrogen) atoms. The first-order valence-electron chi connectivity index (χ1n) is 8.73. The number of aromatic nitrogens is 2. The Morgan fingerprint density at radius 3 is 2.64 bits per heavy atom. The number of hydrogen-bond acceptors (Lipinski definition) is 4. The van der Waals surface area contributed by atoms with E-state index in [1.165, 1.54) is 0 Å². The predicted molar refractivity (Wildman–Crippen MR) is 108 cm³/mol. The molecule has 4 rings (SSSR count). The molecule has 0 aliphatic rings. The smallest absolute Gasteiger partial charge is 0.240 e. The Hall–Kier alpha value is -3.23. The molecule has 1 heterocycles. The zero-order valence-electron chi connectivity index (χ0n) is 14.8. The number of aromatic amines is 1. The highest BCUT2D eigenvalue weighted by Crippen LogP contribution is 2.19. The number of hydrogen-bond donors (Lipinski definition) is 3. The summed E-state index contributed by atoms with van der Waals surface area (Å²) in [6.07, 6.45) is 1.69. The van der Waals surface area contributed by atoms with Crippen LogP contribution in [0.4, 0.5) is 5.69 Å². The van der Waals surface area contributed by atoms with Crippen LogP contribution in [0.15, 0.2) is 71.8 Å². The minimum atomic E-state index is -3.68. The Balaban J connectivity index is 1.36. The molecule has 0 aliphatic heterocycles. The Bertz CT molecular complexity index is 1260. The third kappa shape index (κ3) is 3.88. The summed E-state index contributed by atoms with van der Waals surface area (Å²) in [4.78, 5) is 12.3. The molecule has 0 atom stereocenters. The lowest BCUT2D eigenvalue weighted by molar-refractivity contribution is -0.116. The van der Waals surface area contributed by atoms with Crippen LogP contribution in [0.1, 0.15) is 6.42 Å². The van der Waals surface area contributed by atoms with Gasteiger partial charge in [-0.25, -0.2) is 13.1 Å². The maximum atomic E-state index is 12.5. The predicted octanol–water partition coefficient (Wildman–Crippen LogP) is 3.02. The van der Waals surface area contributed by atoms with Crippen molar-refractivity contribution in [2.24, 2.45) is 0 Å². The van der Waals surface area contributed by atoms with E-state index < -0.39 is 10.0 Å². The Labute approximate surface area is 161 Å². The van der Waals surface area contributed by atoms with Crippen molar-refractivity contribution in [3.8, 4) is 0 Å². The molecule has 0 aliphatic carbocycles. The van der Waals surface area contributed by atoms with Crippen LogP contribution in [-0.4, -0.2) is 31.1 Å². The van der Waals surface area contributed by atoms with E-state index in [0.717, 1.165) is 21.7 Å². The van der Waals surface area contributed by atoms with Crippen molar-refractivity contribution in [3.05, 3.63) is 66.9 Å². The van der Waals surface area contributed by atoms with Gasteiger partial charge in [-0.3, -0.25) is 9.89 Å². The van der Waals surface area contributed by atoms with Crippen molar-refractivity contribution in [2.45, 2.75) is 11.3 Å². The van der Waals surface area contributed by atoms with Gasteiger partial charge < -0.3 is 5.32 Å². The zero-order valence-corrected chi connectivity index (χ0v) is 15.7. The van der Waals surface area contributed by atoms with Gasteiger partial charge in [-0.15, -0.1) is 0 Å². The van der Waals surface area contributed by atoms with Crippen LogP contribution in [0.3, 0.4) is 0 Å². The molecule has 0 radical (unpaired) electrons. The van der Waals surface area contributed by atoms with E-state index in [4.69, 9.17) is 0 Å². The van der Waals surface area contributed by atoms with Crippen LogP contribution in [0, 0.1) is 0 Å². The van der Waals surface area contributed by atoms with Gasteiger partial charge in [0.05, 0.1) is 16.6 Å². The summed E-state index contributed by atoms with van der Waals surface area (Å²) in [6, 6.07) is 17.9. The highest BCUT2D eigenvalue weighted by molar-refractivity contribution is 7.89. The van der Waals surface area contributed by atoms with Crippen molar-refractivity contribution in [2.75, 3.05) is 11.9 Å². The summed E-state index contributed by atoms with van der Waals surface area (Å²) in [6.45, 7) is 0.00888. The molecule has 1 amide bonds. The van der Waals surface area contributed by atoms with Crippen molar-refractivity contribution in [3.63, 3.8) is 0 Å². The first-order chi connectivity index (χ1) is 13.5. The third-order valence-electron chi connectivity index (χ3n) is 4.40. The highest BCUT2D eigenvalue weighted by atomic mass is 32.2. The van der Waals surface area contributed by atoms with Gasteiger partial charge >= 0.3 is 0 Å². The van der Waals surface area contributed by atoms with Crippen LogP contribution >= 0.6 is 0 Å². The van der Waals surface area contributed by atoms with Gasteiger partial charge in [0.15, 0.2) is 0 Å². The zero-order chi connectivity index (χ0) is 19.6. The summed E-state index contributed by atoms with van der Waals surface area (Å²) in [5.41, 5.74) is 1.51. The molecule has 7 nitrogen and oxygen atoms in total. The Morgan fingerprint density at radius 1 is 0.964 bits per heavy atom. The fourth-order valence-corrected chi connectivity index (χ4v) is 4.03. The summed E-state index contributed by atoms with van der Waals surface area (Å²) in [7, 11) is -3.68. The molecule has 0 saturated heterocycles. The molecular formula is C20H18N4O3S. The number of rotatable bonds is 6. The van der Waals surface area contributed by atoms with E-state index >= 15 is 0 Å². The first-order valence-corrected chi connectivity index (χ1v) is 10.2. The van der Waals surface area contributed by atoms with Crippen LogP contribution < -0.4 is 10.0 Å². The molecule has 0 spiro atoms. The summed E-state index contributed by atoms with van der Waals surface area (Å²) >= 11 is 0. The van der Waals surface area contributed by atoms with Gasteiger partial charge in [-0.05, 0) is 41.1 Å². The average molecular weight is 394 g/mol. The molecule has 0 unspecified atom stereocenters. The number of sulfonamides is 1. The van der Waals surface area contributed by atoms with Crippen molar-refractivity contribution in [1.29, 1.82) is 0 Å². The van der Waals surface area contributed by atoms with E-state index in [9.17, 15) is 13.2 Å². The lowest BCUT2D eigenvalue weighted by atomic mass is 10.1. The number of nitrogens with zero attached hydrogens (tertiary/aromatic N) is 1. The SMILES string of the molecule is O=C(CCNS(=O)(=O)c1ccc2ccccc2c1)Nc1ccc2[nH]ncc2c1. The largest absolute Gasteiger partial charge is 0.326 e. The molecular weight excluding hydrogens is 376 g/mol. The van der Waals surface area contributed by atoms with Gasteiger partial charge in [0, 0.05) is 24.0 Å². The lowest BCUT2D eigenvalue weighted by Gasteiger charge is -2.09. The Morgan fingerprint density at radius 2 is 1.79 bits per heavy atom. The van der Waals surface area contributed by atoms with Crippen LogP contribution in [-0.2, 0) is 14.8 Å². The normalized spacial score (nSPS) is 11.7. The number of fused-ring (bicyclic) bond motifs is 2. The molecule has 3 aromatic carbocycles. The van der Waals surface area contributed by atoms with Crippen molar-refractivity contribution in [1.82, 2.24) is 14.9 Å². The lowest BCUT2D eigenvalue weighted by Crippen LogP contribution is -2.27. The fourth-order valence-electron chi connectivity index (χ4n) is 2.96. The number of nitrogens with one attached hydrogen (secondary N) is 3. The molecule has 1 aromatic heterocycles. The maximum Gasteiger partial charge on any atom is 0.240 e. The van der Waals surface area contributed by atoms with E-state index in [2.05, 4.69) is 20.2 Å². The quantitative estimate of drug-likeness (QED) is 0.468. The molecule has 3 N–H and O–H groups in total. The molecule has 142 valence electrons. The van der Waals surface area contributed by atoms with Crippen molar-refractivity contribution >= 4 is 43.3 Å². The highest BCUT2D eigenvalue weighted by Gasteiger charge is 2.15. The molecule has 0 saturated carbocycles. The maximum absolute atomic E-state index is 12.5. The van der Waals surface area contributed by atoms with Crippen molar-refractivity contribution < 1.29 is 13.2 Å². The summed E-state index contributed by atoms with van der Waals surface area (Å²) in [5, 5.41) is 12.2. The average Bonchev–Trinajstić information content (AvgIpc) is 3.15. The summed E-state index contributed by atoms with van der Waals surface area (Å²) < 4.78 is 27.4. The standard InChI is InChI=1S/C20H18N4O3S/c25-20(23-17-6-8-19-16(11-17)13-21-24-19)9-10-22-28(26,27)18-7-5-14-3-1-2-4-15(14)12-18/h1-8,11-13,22H,9-10H2,(H,21,24)(H,23,25). The van der Waals surface area contributed by atoms with Crippen LogP contribution in [0.2, 0.25) is 0 Å². The monoisotopic (exact) mass is 394 g/mol. The van der Waals surface area contributed by atoms with E-state index in [1.54, 1.807) is 36.5 Å². The van der Waals surface area contributed by atoms with E-state index in [-0.39, 0.29) is 23.8 Å². The number of amides is 1. The van der Waals surface area contributed by atoms with Gasteiger partial charge in [0.2, 0.25) is 15.9 Å². The third-order valence-corrected chi connectivity index (χ3v) is 5.86. The van der Waals surface area contributed by atoms with Gasteiger partial charge in [-0.2, -0.15) is 5.10 Å².